The molecule has 1 aromatic rings. The number of aliphatic imine (C=N–C) groups is 1. The van der Waals surface area contributed by atoms with Crippen LogP contribution in [0.1, 0.15) is 23.7 Å². The number of hydrogen-bond donors (Lipinski definition) is 0. The molecule has 0 spiro atoms. The monoisotopic (exact) mass is 277 g/mol. The van der Waals surface area contributed by atoms with E-state index in [0.29, 0.717) is 6.42 Å². The minimum Gasteiger partial charge on any atom is -0.266 e. The summed E-state index contributed by atoms with van der Waals surface area (Å²) in [6.07, 6.45) is 0.701. The van der Waals surface area contributed by atoms with E-state index in [0.717, 1.165) is 5.04 Å². The molecule has 8 heteroatoms. The SMILES string of the molecule is CCC1=N[N]C(=NC(=O)c2ccccc2[N+](=O)[O-])S1. The fourth-order valence-corrected chi connectivity index (χ4v) is 2.04. The molecule has 0 saturated heterocycles. The Kier molecular flexibility index (Phi) is 3.91. The zero-order chi connectivity index (χ0) is 13.8. The van der Waals surface area contributed by atoms with Crippen LogP contribution in [0.25, 0.3) is 0 Å². The molecule has 19 heavy (non-hydrogen) atoms. The minimum absolute atomic E-state index is 0.0549. The van der Waals surface area contributed by atoms with Gasteiger partial charge in [0.2, 0.25) is 5.17 Å². The molecule has 0 bridgehead atoms. The molecule has 0 fully saturated rings. The lowest BCUT2D eigenvalue weighted by atomic mass is 10.2. The smallest absolute Gasteiger partial charge is 0.266 e. The molecule has 0 aliphatic carbocycles. The maximum atomic E-state index is 11.9. The normalized spacial score (nSPS) is 16.1. The first-order valence-corrected chi connectivity index (χ1v) is 6.25. The molecule has 2 rings (SSSR count). The van der Waals surface area contributed by atoms with Crippen LogP contribution in [0, 0.1) is 10.1 Å². The number of nitrogens with zero attached hydrogens (tertiary/aromatic N) is 4. The van der Waals surface area contributed by atoms with E-state index in [1.165, 1.54) is 30.0 Å². The first-order chi connectivity index (χ1) is 9.11. The molecule has 1 amide bonds. The molecule has 0 saturated carbocycles. The van der Waals surface area contributed by atoms with Crippen molar-refractivity contribution in [2.45, 2.75) is 13.3 Å². The number of para-hydroxylation sites is 1. The van der Waals surface area contributed by atoms with Gasteiger partial charge in [-0.25, -0.2) is 0 Å². The number of hydrogen-bond acceptors (Lipinski definition) is 5. The van der Waals surface area contributed by atoms with Gasteiger partial charge in [0, 0.05) is 6.07 Å². The Labute approximate surface area is 112 Å². The van der Waals surface area contributed by atoms with Gasteiger partial charge in [-0.05, 0) is 24.2 Å². The van der Waals surface area contributed by atoms with Gasteiger partial charge in [-0.3, -0.25) is 14.9 Å². The van der Waals surface area contributed by atoms with Gasteiger partial charge >= 0.3 is 0 Å². The predicted octanol–water partition coefficient (Wildman–Crippen LogP) is 2.17. The van der Waals surface area contributed by atoms with Crippen molar-refractivity contribution in [1.29, 1.82) is 0 Å². The third-order valence-electron chi connectivity index (χ3n) is 2.29. The largest absolute Gasteiger partial charge is 0.286 e. The number of amides is 1. The van der Waals surface area contributed by atoms with E-state index in [1.54, 1.807) is 6.07 Å². The Morgan fingerprint density at radius 3 is 2.84 bits per heavy atom. The highest BCUT2D eigenvalue weighted by atomic mass is 32.2. The third kappa shape index (κ3) is 2.97. The van der Waals surface area contributed by atoms with Crippen LogP contribution in [0.5, 0.6) is 0 Å². The fraction of sp³-hybridized carbons (Fsp3) is 0.182. The quantitative estimate of drug-likeness (QED) is 0.624. The lowest BCUT2D eigenvalue weighted by Gasteiger charge is -1.98. The van der Waals surface area contributed by atoms with Crippen molar-refractivity contribution in [3.8, 4) is 0 Å². The molecule has 1 radical (unpaired) electrons. The van der Waals surface area contributed by atoms with Crippen LogP contribution < -0.4 is 5.43 Å². The number of nitro groups is 1. The summed E-state index contributed by atoms with van der Waals surface area (Å²) in [5.41, 5.74) is 3.42. The molecule has 1 heterocycles. The maximum Gasteiger partial charge on any atom is 0.286 e. The van der Waals surface area contributed by atoms with Crippen molar-refractivity contribution >= 4 is 33.6 Å². The number of carbonyl (C=O) groups excluding carboxylic acids is 1. The van der Waals surface area contributed by atoms with Crippen LogP contribution in [0.2, 0.25) is 0 Å². The van der Waals surface area contributed by atoms with E-state index >= 15 is 0 Å². The molecule has 0 N–H and O–H groups in total. The van der Waals surface area contributed by atoms with Crippen LogP contribution in [-0.2, 0) is 0 Å². The second kappa shape index (κ2) is 5.61. The second-order valence-corrected chi connectivity index (χ2v) is 4.56. The fourth-order valence-electron chi connectivity index (χ4n) is 1.39. The van der Waals surface area contributed by atoms with E-state index in [1.807, 2.05) is 6.92 Å². The molecule has 0 aromatic heterocycles. The minimum atomic E-state index is -0.689. The van der Waals surface area contributed by atoms with E-state index < -0.39 is 10.8 Å². The van der Waals surface area contributed by atoms with Crippen molar-refractivity contribution < 1.29 is 9.72 Å². The van der Waals surface area contributed by atoms with E-state index in [4.69, 9.17) is 0 Å². The Balaban J connectivity index is 2.22. The van der Waals surface area contributed by atoms with Gasteiger partial charge in [0.25, 0.3) is 11.6 Å². The van der Waals surface area contributed by atoms with Crippen molar-refractivity contribution in [3.63, 3.8) is 0 Å². The van der Waals surface area contributed by atoms with E-state index in [-0.39, 0.29) is 16.4 Å². The van der Waals surface area contributed by atoms with Gasteiger partial charge in [-0.15, -0.1) is 10.5 Å². The Morgan fingerprint density at radius 2 is 2.21 bits per heavy atom. The number of amidine groups is 1. The predicted molar refractivity (Wildman–Crippen MR) is 72.3 cm³/mol. The third-order valence-corrected chi connectivity index (χ3v) is 3.25. The van der Waals surface area contributed by atoms with Crippen LogP contribution in [-0.4, -0.2) is 21.0 Å². The zero-order valence-electron chi connectivity index (χ0n) is 9.94. The van der Waals surface area contributed by atoms with Gasteiger partial charge in [-0.2, -0.15) is 4.99 Å². The Morgan fingerprint density at radius 1 is 1.47 bits per heavy atom. The van der Waals surface area contributed by atoms with Gasteiger partial charge in [0.1, 0.15) is 10.6 Å². The highest BCUT2D eigenvalue weighted by Crippen LogP contribution is 2.21. The van der Waals surface area contributed by atoms with Crippen molar-refractivity contribution in [1.82, 2.24) is 5.43 Å². The standard InChI is InChI=1S/C11H9N4O3S/c1-2-9-13-14-11(19-9)12-10(16)7-5-3-4-6-8(7)15(17)18/h3-6H,2H2,1H3. The molecule has 0 atom stereocenters. The summed E-state index contributed by atoms with van der Waals surface area (Å²) in [6, 6.07) is 5.68. The molecule has 97 valence electrons. The highest BCUT2D eigenvalue weighted by Gasteiger charge is 2.21. The summed E-state index contributed by atoms with van der Waals surface area (Å²) >= 11 is 1.19. The van der Waals surface area contributed by atoms with Gasteiger partial charge in [0.15, 0.2) is 0 Å². The maximum absolute atomic E-state index is 11.9. The summed E-state index contributed by atoms with van der Waals surface area (Å²) in [5, 5.41) is 15.6. The zero-order valence-corrected chi connectivity index (χ0v) is 10.8. The summed E-state index contributed by atoms with van der Waals surface area (Å²) in [5.74, 6) is -0.689. The molecule has 1 aliphatic rings. The molecular weight excluding hydrogens is 268 g/mol. The second-order valence-electron chi connectivity index (χ2n) is 3.52. The van der Waals surface area contributed by atoms with Crippen LogP contribution in [0.3, 0.4) is 0 Å². The van der Waals surface area contributed by atoms with Crippen molar-refractivity contribution in [3.05, 3.63) is 39.9 Å². The van der Waals surface area contributed by atoms with E-state index in [2.05, 4.69) is 15.5 Å². The topological polar surface area (TPSA) is 99.0 Å². The van der Waals surface area contributed by atoms with Crippen LogP contribution in [0.4, 0.5) is 5.69 Å². The molecule has 0 unspecified atom stereocenters. The number of rotatable bonds is 3. The number of carbonyl (C=O) groups is 1. The van der Waals surface area contributed by atoms with Crippen LogP contribution in [0.15, 0.2) is 34.4 Å². The first-order valence-electron chi connectivity index (χ1n) is 5.43. The lowest BCUT2D eigenvalue weighted by Crippen LogP contribution is -2.07. The molecule has 7 nitrogen and oxygen atoms in total. The van der Waals surface area contributed by atoms with Crippen molar-refractivity contribution in [2.75, 3.05) is 0 Å². The highest BCUT2D eigenvalue weighted by molar-refractivity contribution is 8.26. The Hall–Kier alpha value is -2.22. The number of nitro benzene ring substituents is 1. The molecule has 1 aromatic carbocycles. The van der Waals surface area contributed by atoms with Crippen LogP contribution >= 0.6 is 11.8 Å². The molecule has 1 aliphatic heterocycles. The average Bonchev–Trinajstić information content (AvgIpc) is 2.86. The van der Waals surface area contributed by atoms with Gasteiger partial charge < -0.3 is 0 Å². The number of thioether (sulfide) groups is 1. The average molecular weight is 277 g/mol. The Bertz CT molecular complexity index is 597. The summed E-state index contributed by atoms with van der Waals surface area (Å²) < 4.78 is 0. The summed E-state index contributed by atoms with van der Waals surface area (Å²) in [7, 11) is 0. The lowest BCUT2D eigenvalue weighted by molar-refractivity contribution is -0.385. The van der Waals surface area contributed by atoms with Gasteiger partial charge in [-0.1, -0.05) is 19.1 Å². The molecular formula is C11H9N4O3S. The number of benzene rings is 1. The van der Waals surface area contributed by atoms with Crippen molar-refractivity contribution in [2.24, 2.45) is 10.1 Å². The first kappa shape index (κ1) is 13.2. The summed E-state index contributed by atoms with van der Waals surface area (Å²) in [4.78, 5) is 25.9. The van der Waals surface area contributed by atoms with Gasteiger partial charge in [0.05, 0.1) is 4.92 Å². The summed E-state index contributed by atoms with van der Waals surface area (Å²) in [6.45, 7) is 1.91. The van der Waals surface area contributed by atoms with E-state index in [9.17, 15) is 14.9 Å².